The van der Waals surface area contributed by atoms with E-state index in [0.29, 0.717) is 5.56 Å². The van der Waals surface area contributed by atoms with Gasteiger partial charge >= 0.3 is 12.3 Å². The molecule has 1 aromatic heterocycles. The number of ether oxygens (including phenoxy) is 2. The van der Waals surface area contributed by atoms with Crippen LogP contribution in [0.3, 0.4) is 0 Å². The van der Waals surface area contributed by atoms with Crippen molar-refractivity contribution in [2.45, 2.75) is 13.3 Å². The van der Waals surface area contributed by atoms with Crippen molar-refractivity contribution in [1.82, 2.24) is 5.16 Å². The molecule has 1 amide bonds. The minimum Gasteiger partial charge on any atom is -0.461 e. The number of carbonyl (C=O) groups excluding carboxylic acids is 2. The van der Waals surface area contributed by atoms with Crippen LogP contribution in [0, 0.1) is 0 Å². The fourth-order valence-electron chi connectivity index (χ4n) is 2.56. The molecule has 0 saturated carbocycles. The van der Waals surface area contributed by atoms with E-state index < -0.39 is 24.0 Å². The van der Waals surface area contributed by atoms with Gasteiger partial charge in [0.1, 0.15) is 11.3 Å². The molecule has 1 heterocycles. The number of hydrogen-bond donors (Lipinski definition) is 1. The van der Waals surface area contributed by atoms with Crippen LogP contribution in [0.25, 0.3) is 11.3 Å². The van der Waals surface area contributed by atoms with Crippen molar-refractivity contribution in [2.24, 2.45) is 0 Å². The molecule has 0 aliphatic heterocycles. The molecule has 10 heteroatoms. The first-order chi connectivity index (χ1) is 14.3. The maximum Gasteiger partial charge on any atom is 0.573 e. The molecule has 3 rings (SSSR count). The van der Waals surface area contributed by atoms with Gasteiger partial charge in [-0.3, -0.25) is 4.79 Å². The van der Waals surface area contributed by atoms with Crippen molar-refractivity contribution in [1.29, 1.82) is 0 Å². The van der Waals surface area contributed by atoms with Crippen molar-refractivity contribution in [3.63, 3.8) is 0 Å². The van der Waals surface area contributed by atoms with Gasteiger partial charge in [0.2, 0.25) is 5.69 Å². The maximum atomic E-state index is 12.9. The van der Waals surface area contributed by atoms with E-state index in [1.54, 1.807) is 37.3 Å². The van der Waals surface area contributed by atoms with Crippen LogP contribution in [-0.2, 0) is 4.74 Å². The second-order valence-corrected chi connectivity index (χ2v) is 5.85. The van der Waals surface area contributed by atoms with Gasteiger partial charge < -0.3 is 19.3 Å². The number of nitrogens with one attached hydrogen (secondary N) is 1. The molecule has 0 fully saturated rings. The Bertz CT molecular complexity index is 1030. The number of halogens is 3. The van der Waals surface area contributed by atoms with Gasteiger partial charge in [0.15, 0.2) is 5.76 Å². The first kappa shape index (κ1) is 20.9. The summed E-state index contributed by atoms with van der Waals surface area (Å²) in [5.41, 5.74) is 0.199. The zero-order chi connectivity index (χ0) is 21.7. The lowest BCUT2D eigenvalue weighted by molar-refractivity contribution is -0.274. The number of rotatable bonds is 6. The van der Waals surface area contributed by atoms with Gasteiger partial charge in [-0.2, -0.15) is 0 Å². The Hall–Kier alpha value is -3.82. The Morgan fingerprint density at radius 1 is 1.07 bits per heavy atom. The summed E-state index contributed by atoms with van der Waals surface area (Å²) in [5, 5.41) is 6.17. The Balaban J connectivity index is 1.90. The Labute approximate surface area is 168 Å². The second kappa shape index (κ2) is 8.68. The number of nitrogens with zero attached hydrogens (tertiary/aromatic N) is 1. The second-order valence-electron chi connectivity index (χ2n) is 5.85. The van der Waals surface area contributed by atoms with E-state index in [1.165, 1.54) is 12.1 Å². The molecule has 30 heavy (non-hydrogen) atoms. The molecule has 2 aromatic carbocycles. The predicted molar refractivity (Wildman–Crippen MR) is 99.0 cm³/mol. The number of amides is 1. The molecule has 0 aliphatic carbocycles. The van der Waals surface area contributed by atoms with Crippen molar-refractivity contribution in [2.75, 3.05) is 11.9 Å². The number of anilines is 1. The number of alkyl halides is 3. The molecule has 0 aliphatic rings. The van der Waals surface area contributed by atoms with E-state index in [4.69, 9.17) is 9.26 Å². The Morgan fingerprint density at radius 2 is 1.73 bits per heavy atom. The summed E-state index contributed by atoms with van der Waals surface area (Å²) >= 11 is 0. The summed E-state index contributed by atoms with van der Waals surface area (Å²) in [4.78, 5) is 25.1. The van der Waals surface area contributed by atoms with Crippen molar-refractivity contribution in [3.05, 3.63) is 65.9 Å². The number of aromatic nitrogens is 1. The van der Waals surface area contributed by atoms with Gasteiger partial charge in [-0.1, -0.05) is 35.5 Å². The van der Waals surface area contributed by atoms with Crippen LogP contribution in [-0.4, -0.2) is 30.0 Å². The highest BCUT2D eigenvalue weighted by atomic mass is 19.4. The zero-order valence-corrected chi connectivity index (χ0v) is 15.5. The Morgan fingerprint density at radius 3 is 2.33 bits per heavy atom. The van der Waals surface area contributed by atoms with E-state index in [2.05, 4.69) is 15.2 Å². The average Bonchev–Trinajstić information content (AvgIpc) is 3.15. The minimum absolute atomic E-state index is 0.0492. The van der Waals surface area contributed by atoms with Crippen LogP contribution in [0.1, 0.15) is 27.8 Å². The minimum atomic E-state index is -4.83. The molecule has 0 atom stereocenters. The predicted octanol–water partition coefficient (Wildman–Crippen LogP) is 4.67. The van der Waals surface area contributed by atoms with Gasteiger partial charge in [0.25, 0.3) is 5.91 Å². The first-order valence-corrected chi connectivity index (χ1v) is 8.68. The highest BCUT2D eigenvalue weighted by molar-refractivity contribution is 6.13. The highest BCUT2D eigenvalue weighted by Gasteiger charge is 2.31. The highest BCUT2D eigenvalue weighted by Crippen LogP contribution is 2.29. The van der Waals surface area contributed by atoms with E-state index in [0.717, 1.165) is 12.1 Å². The van der Waals surface area contributed by atoms with E-state index in [9.17, 15) is 22.8 Å². The molecule has 0 radical (unpaired) electrons. The molecule has 0 saturated heterocycles. The SMILES string of the molecule is CCOC(=O)c1noc(-c2ccccc2)c1C(=O)Nc1ccc(OC(F)(F)F)cc1. The Kier molecular flexibility index (Phi) is 6.05. The lowest BCUT2D eigenvalue weighted by Gasteiger charge is -2.10. The van der Waals surface area contributed by atoms with Gasteiger partial charge in [-0.05, 0) is 31.2 Å². The monoisotopic (exact) mass is 420 g/mol. The third-order valence-corrected chi connectivity index (χ3v) is 3.77. The maximum absolute atomic E-state index is 12.9. The smallest absolute Gasteiger partial charge is 0.461 e. The fraction of sp³-hybridized carbons (Fsp3) is 0.150. The summed E-state index contributed by atoms with van der Waals surface area (Å²) in [7, 11) is 0. The summed E-state index contributed by atoms with van der Waals surface area (Å²) < 4.78 is 50.8. The fourth-order valence-corrected chi connectivity index (χ4v) is 2.56. The van der Waals surface area contributed by atoms with Crippen LogP contribution in [0.15, 0.2) is 59.1 Å². The first-order valence-electron chi connectivity index (χ1n) is 8.68. The van der Waals surface area contributed by atoms with E-state index >= 15 is 0 Å². The van der Waals surface area contributed by atoms with Gasteiger partial charge in [0.05, 0.1) is 6.61 Å². The lowest BCUT2D eigenvalue weighted by atomic mass is 10.1. The number of carbonyl (C=O) groups is 2. The third kappa shape index (κ3) is 4.96. The normalized spacial score (nSPS) is 11.1. The summed E-state index contributed by atoms with van der Waals surface area (Å²) in [6, 6.07) is 13.0. The number of benzene rings is 2. The van der Waals surface area contributed by atoms with Gasteiger partial charge in [-0.15, -0.1) is 13.2 Å². The molecular formula is C20H15F3N2O5. The quantitative estimate of drug-likeness (QED) is 0.583. The van der Waals surface area contributed by atoms with E-state index in [-0.39, 0.29) is 29.3 Å². The van der Waals surface area contributed by atoms with E-state index in [1.807, 2.05) is 0 Å². The van der Waals surface area contributed by atoms with Crippen molar-refractivity contribution < 1.29 is 36.8 Å². The summed E-state index contributed by atoms with van der Waals surface area (Å²) in [6.07, 6.45) is -4.83. The van der Waals surface area contributed by atoms with Crippen LogP contribution in [0.2, 0.25) is 0 Å². The van der Waals surface area contributed by atoms with Crippen LogP contribution in [0.4, 0.5) is 18.9 Å². The summed E-state index contributed by atoms with van der Waals surface area (Å²) in [5.74, 6) is -1.99. The standard InChI is InChI=1S/C20H15F3N2O5/c1-2-28-19(27)16-15(17(30-25-16)12-6-4-3-5-7-12)18(26)24-13-8-10-14(11-9-13)29-20(21,22)23/h3-11H,2H2,1H3,(H,24,26). The largest absolute Gasteiger partial charge is 0.573 e. The van der Waals surface area contributed by atoms with Gasteiger partial charge in [0, 0.05) is 11.3 Å². The topological polar surface area (TPSA) is 90.7 Å². The zero-order valence-electron chi connectivity index (χ0n) is 15.5. The van der Waals surface area contributed by atoms with Gasteiger partial charge in [-0.25, -0.2) is 4.79 Å². The van der Waals surface area contributed by atoms with Crippen molar-refractivity contribution >= 4 is 17.6 Å². The average molecular weight is 420 g/mol. The van der Waals surface area contributed by atoms with Crippen LogP contribution < -0.4 is 10.1 Å². The number of hydrogen-bond acceptors (Lipinski definition) is 6. The summed E-state index contributed by atoms with van der Waals surface area (Å²) in [6.45, 7) is 1.66. The van der Waals surface area contributed by atoms with Crippen molar-refractivity contribution in [3.8, 4) is 17.1 Å². The van der Waals surface area contributed by atoms with Crippen LogP contribution in [0.5, 0.6) is 5.75 Å². The third-order valence-electron chi connectivity index (χ3n) is 3.77. The molecule has 1 N–H and O–H groups in total. The lowest BCUT2D eigenvalue weighted by Crippen LogP contribution is -2.18. The molecule has 0 spiro atoms. The molecule has 0 bridgehead atoms. The molecule has 7 nitrogen and oxygen atoms in total. The molecule has 0 unspecified atom stereocenters. The molecular weight excluding hydrogens is 405 g/mol. The molecule has 3 aromatic rings. The van der Waals surface area contributed by atoms with Crippen LogP contribution >= 0.6 is 0 Å². The molecule has 156 valence electrons. The number of esters is 1.